The first kappa shape index (κ1) is 33.1. The lowest BCUT2D eigenvalue weighted by Gasteiger charge is -2.45. The fourth-order valence-corrected chi connectivity index (χ4v) is 4.28. The van der Waals surface area contributed by atoms with Gasteiger partial charge in [0.2, 0.25) is 11.8 Å². The van der Waals surface area contributed by atoms with Crippen molar-refractivity contribution in [2.75, 3.05) is 12.4 Å². The normalized spacial score (nSPS) is 13.0. The van der Waals surface area contributed by atoms with Crippen LogP contribution < -0.4 is 21.1 Å². The van der Waals surface area contributed by atoms with Crippen LogP contribution in [0.15, 0.2) is 48.5 Å². The largest absolute Gasteiger partial charge is 0.497 e. The van der Waals surface area contributed by atoms with E-state index in [-0.39, 0.29) is 12.8 Å². The quantitative estimate of drug-likeness (QED) is 0.334. The molecule has 0 heterocycles. The summed E-state index contributed by atoms with van der Waals surface area (Å²) in [5.41, 5.74) is 5.70. The molecule has 0 fully saturated rings. The van der Waals surface area contributed by atoms with Gasteiger partial charge in [-0.2, -0.15) is 0 Å². The van der Waals surface area contributed by atoms with E-state index >= 15 is 0 Å². The Balaban J connectivity index is 2.64. The molecule has 0 bridgehead atoms. The third-order valence-electron chi connectivity index (χ3n) is 6.77. The molecular formula is C31H44N4O6. The Kier molecular flexibility index (Phi) is 11.3. The molecule has 2 aromatic rings. The lowest BCUT2D eigenvalue weighted by molar-refractivity contribution is -0.148. The first-order valence-electron chi connectivity index (χ1n) is 13.7. The van der Waals surface area contributed by atoms with E-state index in [1.807, 2.05) is 39.8 Å². The molecule has 0 radical (unpaired) electrons. The summed E-state index contributed by atoms with van der Waals surface area (Å²) in [6, 6.07) is 12.0. The van der Waals surface area contributed by atoms with Gasteiger partial charge in [0, 0.05) is 17.6 Å². The zero-order valence-electron chi connectivity index (χ0n) is 25.4. The Labute approximate surface area is 242 Å². The summed E-state index contributed by atoms with van der Waals surface area (Å²) in [6.45, 7) is 12.6. The highest BCUT2D eigenvalue weighted by Crippen LogP contribution is 2.35. The molecule has 2 atom stereocenters. The number of alkyl carbamates (subject to hydrolysis) is 1. The van der Waals surface area contributed by atoms with E-state index in [0.29, 0.717) is 23.4 Å². The van der Waals surface area contributed by atoms with Crippen molar-refractivity contribution < 1.29 is 28.7 Å². The minimum absolute atomic E-state index is 0.0652. The SMILES string of the molecule is CCC(C)(C)N(C(=O)C(CCC(N)=O)NC(=O)OC(C)(C)C)C(C(=O)Nc1ccc(OC)cc1)c1ccccc1C. The highest BCUT2D eigenvalue weighted by molar-refractivity contribution is 5.99. The Morgan fingerprint density at radius 1 is 0.976 bits per heavy atom. The minimum Gasteiger partial charge on any atom is -0.497 e. The van der Waals surface area contributed by atoms with Crippen LogP contribution in [0.5, 0.6) is 5.75 Å². The van der Waals surface area contributed by atoms with Crippen molar-refractivity contribution in [2.45, 2.75) is 91.0 Å². The van der Waals surface area contributed by atoms with Gasteiger partial charge < -0.3 is 30.7 Å². The smallest absolute Gasteiger partial charge is 0.408 e. The summed E-state index contributed by atoms with van der Waals surface area (Å²) < 4.78 is 10.6. The van der Waals surface area contributed by atoms with E-state index < -0.39 is 47.0 Å². The summed E-state index contributed by atoms with van der Waals surface area (Å²) in [5.74, 6) is -0.969. The first-order chi connectivity index (χ1) is 19.1. The lowest BCUT2D eigenvalue weighted by atomic mass is 9.90. The van der Waals surface area contributed by atoms with E-state index in [1.54, 1.807) is 64.3 Å². The summed E-state index contributed by atoms with van der Waals surface area (Å²) in [4.78, 5) is 54.5. The van der Waals surface area contributed by atoms with Crippen LogP contribution >= 0.6 is 0 Å². The standard InChI is InChI=1S/C31H44N4O6/c1-9-31(6,7)35(28(38)24(18-19-25(32)36)34-29(39)41-30(3,4)5)26(23-13-11-10-12-20(23)2)27(37)33-21-14-16-22(40-8)17-15-21/h10-17,24,26H,9,18-19H2,1-8H3,(H2,32,36)(H,33,37)(H,34,39). The van der Waals surface area contributed by atoms with Crippen LogP contribution in [0.4, 0.5) is 10.5 Å². The molecule has 0 saturated carbocycles. The maximum absolute atomic E-state index is 14.4. The van der Waals surface area contributed by atoms with Gasteiger partial charge in [0.25, 0.3) is 5.91 Å². The second-order valence-electron chi connectivity index (χ2n) is 11.6. The molecule has 0 aliphatic rings. The highest BCUT2D eigenvalue weighted by atomic mass is 16.6. The second kappa shape index (κ2) is 14.0. The number of benzene rings is 2. The van der Waals surface area contributed by atoms with E-state index in [2.05, 4.69) is 10.6 Å². The molecule has 0 aliphatic heterocycles. The molecule has 0 aliphatic carbocycles. The molecule has 0 saturated heterocycles. The summed E-state index contributed by atoms with van der Waals surface area (Å²) in [6.07, 6.45) is -0.541. The Hall–Kier alpha value is -4.08. The average Bonchev–Trinajstić information content (AvgIpc) is 2.89. The lowest BCUT2D eigenvalue weighted by Crippen LogP contribution is -2.59. The average molecular weight is 569 g/mol. The van der Waals surface area contributed by atoms with Crippen molar-refractivity contribution in [2.24, 2.45) is 5.73 Å². The number of ether oxygens (including phenoxy) is 2. The Morgan fingerprint density at radius 3 is 2.10 bits per heavy atom. The van der Waals surface area contributed by atoms with Gasteiger partial charge in [-0.3, -0.25) is 14.4 Å². The fraction of sp³-hybridized carbons (Fsp3) is 0.484. The molecule has 10 heteroatoms. The van der Waals surface area contributed by atoms with Crippen LogP contribution in [0.3, 0.4) is 0 Å². The van der Waals surface area contributed by atoms with Gasteiger partial charge in [0.05, 0.1) is 7.11 Å². The zero-order valence-corrected chi connectivity index (χ0v) is 25.4. The molecule has 2 rings (SSSR count). The third-order valence-corrected chi connectivity index (χ3v) is 6.77. The Morgan fingerprint density at radius 2 is 1.59 bits per heavy atom. The number of amides is 4. The maximum Gasteiger partial charge on any atom is 0.408 e. The number of primary amides is 1. The molecule has 224 valence electrons. The van der Waals surface area contributed by atoms with Crippen molar-refractivity contribution in [3.63, 3.8) is 0 Å². The van der Waals surface area contributed by atoms with Gasteiger partial charge in [0.15, 0.2) is 0 Å². The van der Waals surface area contributed by atoms with Crippen molar-refractivity contribution >= 4 is 29.5 Å². The fourth-order valence-electron chi connectivity index (χ4n) is 4.28. The van der Waals surface area contributed by atoms with E-state index in [9.17, 15) is 19.2 Å². The van der Waals surface area contributed by atoms with Crippen LogP contribution in [0.25, 0.3) is 0 Å². The van der Waals surface area contributed by atoms with Gasteiger partial charge >= 0.3 is 6.09 Å². The number of anilines is 1. The van der Waals surface area contributed by atoms with Crippen molar-refractivity contribution in [3.05, 3.63) is 59.7 Å². The van der Waals surface area contributed by atoms with Gasteiger partial charge in [0.1, 0.15) is 23.4 Å². The molecule has 4 N–H and O–H groups in total. The maximum atomic E-state index is 14.4. The van der Waals surface area contributed by atoms with Gasteiger partial charge in [-0.15, -0.1) is 0 Å². The monoisotopic (exact) mass is 568 g/mol. The first-order valence-corrected chi connectivity index (χ1v) is 13.7. The molecule has 2 unspecified atom stereocenters. The van der Waals surface area contributed by atoms with Crippen LogP contribution in [0.2, 0.25) is 0 Å². The van der Waals surface area contributed by atoms with Crippen molar-refractivity contribution in [3.8, 4) is 5.75 Å². The summed E-state index contributed by atoms with van der Waals surface area (Å²) in [7, 11) is 1.55. The third kappa shape index (κ3) is 9.51. The molecule has 2 aromatic carbocycles. The minimum atomic E-state index is -1.18. The number of nitrogens with zero attached hydrogens (tertiary/aromatic N) is 1. The molecule has 0 spiro atoms. The van der Waals surface area contributed by atoms with E-state index in [0.717, 1.165) is 5.56 Å². The van der Waals surface area contributed by atoms with Gasteiger partial charge in [-0.1, -0.05) is 31.2 Å². The molecule has 4 amide bonds. The Bertz CT molecular complexity index is 1220. The van der Waals surface area contributed by atoms with E-state index in [4.69, 9.17) is 15.2 Å². The van der Waals surface area contributed by atoms with Crippen molar-refractivity contribution in [1.82, 2.24) is 10.2 Å². The topological polar surface area (TPSA) is 140 Å². The van der Waals surface area contributed by atoms with Crippen LogP contribution in [0, 0.1) is 6.92 Å². The number of hydrogen-bond acceptors (Lipinski definition) is 6. The number of rotatable bonds is 12. The molecule has 0 aromatic heterocycles. The van der Waals surface area contributed by atoms with Crippen LogP contribution in [-0.4, -0.2) is 53.0 Å². The summed E-state index contributed by atoms with van der Waals surface area (Å²) in [5, 5.41) is 5.56. The number of nitrogens with two attached hydrogens (primary N) is 1. The molecular weight excluding hydrogens is 524 g/mol. The highest BCUT2D eigenvalue weighted by Gasteiger charge is 2.43. The summed E-state index contributed by atoms with van der Waals surface area (Å²) >= 11 is 0. The zero-order chi connectivity index (χ0) is 31.0. The number of carbonyl (C=O) groups excluding carboxylic acids is 4. The molecule has 41 heavy (non-hydrogen) atoms. The number of carbonyl (C=O) groups is 4. The predicted molar refractivity (Wildman–Crippen MR) is 158 cm³/mol. The number of aryl methyl sites for hydroxylation is 1. The van der Waals surface area contributed by atoms with E-state index in [1.165, 1.54) is 4.90 Å². The van der Waals surface area contributed by atoms with Gasteiger partial charge in [-0.05, 0) is 89.8 Å². The van der Waals surface area contributed by atoms with Gasteiger partial charge in [-0.25, -0.2) is 4.79 Å². The molecule has 10 nitrogen and oxygen atoms in total. The van der Waals surface area contributed by atoms with Crippen molar-refractivity contribution in [1.29, 1.82) is 0 Å². The predicted octanol–water partition coefficient (Wildman–Crippen LogP) is 4.86. The second-order valence-corrected chi connectivity index (χ2v) is 11.6. The number of nitrogens with one attached hydrogen (secondary N) is 2. The van der Waals surface area contributed by atoms with Crippen LogP contribution in [0.1, 0.15) is 78.0 Å². The number of hydrogen-bond donors (Lipinski definition) is 3. The van der Waals surface area contributed by atoms with Crippen LogP contribution in [-0.2, 0) is 19.1 Å². The number of methoxy groups -OCH3 is 1.